The molecule has 1 N–H and O–H groups in total. The number of carbonyl (C=O) groups excluding carboxylic acids is 1. The van der Waals surface area contributed by atoms with Gasteiger partial charge in [-0.1, -0.05) is 11.6 Å². The summed E-state index contributed by atoms with van der Waals surface area (Å²) in [6.07, 6.45) is 0. The highest BCUT2D eigenvalue weighted by atomic mass is 35.5. The van der Waals surface area contributed by atoms with Gasteiger partial charge >= 0.3 is 0 Å². The molecule has 0 saturated carbocycles. The molecule has 0 spiro atoms. The van der Waals surface area contributed by atoms with Gasteiger partial charge in [-0.05, 0) is 49.4 Å². The summed E-state index contributed by atoms with van der Waals surface area (Å²) in [5.41, 5.74) is 1.05. The molecule has 31 heavy (non-hydrogen) atoms. The predicted molar refractivity (Wildman–Crippen MR) is 120 cm³/mol. The van der Waals surface area contributed by atoms with Crippen molar-refractivity contribution < 1.29 is 22.7 Å². The first-order valence-corrected chi connectivity index (χ1v) is 11.6. The van der Waals surface area contributed by atoms with E-state index in [1.54, 1.807) is 18.9 Å². The van der Waals surface area contributed by atoms with Gasteiger partial charge in [-0.15, -0.1) is 0 Å². The van der Waals surface area contributed by atoms with Crippen molar-refractivity contribution in [3.63, 3.8) is 0 Å². The SMILES string of the molecule is COc1ccc(N2CCN(C(=O)[C@H](C)NS(=O)(=O)c3ccc(OC)c(Cl)c3)CC2)cc1. The summed E-state index contributed by atoms with van der Waals surface area (Å²) in [6.45, 7) is 3.87. The number of anilines is 1. The molecule has 8 nitrogen and oxygen atoms in total. The summed E-state index contributed by atoms with van der Waals surface area (Å²) in [4.78, 5) is 16.6. The lowest BCUT2D eigenvalue weighted by Gasteiger charge is -2.37. The number of hydrogen-bond acceptors (Lipinski definition) is 6. The van der Waals surface area contributed by atoms with Crippen molar-refractivity contribution in [1.82, 2.24) is 9.62 Å². The van der Waals surface area contributed by atoms with Gasteiger partial charge in [0.2, 0.25) is 15.9 Å². The lowest BCUT2D eigenvalue weighted by Crippen LogP contribution is -2.54. The van der Waals surface area contributed by atoms with Gasteiger partial charge in [0, 0.05) is 31.9 Å². The Kier molecular flexibility index (Phi) is 7.30. The molecular weight excluding hydrogens is 442 g/mol. The zero-order valence-electron chi connectivity index (χ0n) is 17.7. The van der Waals surface area contributed by atoms with E-state index in [1.807, 2.05) is 24.3 Å². The van der Waals surface area contributed by atoms with E-state index in [-0.39, 0.29) is 15.8 Å². The predicted octanol–water partition coefficient (Wildman–Crippen LogP) is 2.37. The molecule has 2 aromatic rings. The van der Waals surface area contributed by atoms with Crippen LogP contribution in [-0.4, -0.2) is 65.7 Å². The fourth-order valence-corrected chi connectivity index (χ4v) is 4.96. The van der Waals surface area contributed by atoms with E-state index in [0.717, 1.165) is 11.4 Å². The normalized spacial score (nSPS) is 15.5. The summed E-state index contributed by atoms with van der Waals surface area (Å²) in [5.74, 6) is 0.897. The maximum absolute atomic E-state index is 12.8. The van der Waals surface area contributed by atoms with Gasteiger partial charge in [0.15, 0.2) is 0 Å². The van der Waals surface area contributed by atoms with Crippen LogP contribution in [0.1, 0.15) is 6.92 Å². The zero-order valence-corrected chi connectivity index (χ0v) is 19.2. The van der Waals surface area contributed by atoms with Crippen molar-refractivity contribution in [2.75, 3.05) is 45.3 Å². The number of benzene rings is 2. The lowest BCUT2D eigenvalue weighted by molar-refractivity contribution is -0.132. The number of halogens is 1. The topological polar surface area (TPSA) is 88.2 Å². The number of carbonyl (C=O) groups is 1. The van der Waals surface area contributed by atoms with Crippen LogP contribution in [0.2, 0.25) is 5.02 Å². The molecule has 1 aliphatic rings. The number of hydrogen-bond donors (Lipinski definition) is 1. The zero-order chi connectivity index (χ0) is 22.6. The number of rotatable bonds is 7. The fraction of sp³-hybridized carbons (Fsp3) is 0.381. The molecule has 0 radical (unpaired) electrons. The highest BCUT2D eigenvalue weighted by molar-refractivity contribution is 7.89. The standard InChI is InChI=1S/C21H26ClN3O5S/c1-15(23-31(27,28)18-8-9-20(30-3)19(22)14-18)21(26)25-12-10-24(11-13-25)16-4-6-17(29-2)7-5-16/h4-9,14-15,23H,10-13H2,1-3H3/t15-/m0/s1. The largest absolute Gasteiger partial charge is 0.497 e. The molecule has 3 rings (SSSR count). The van der Waals surface area contributed by atoms with Crippen LogP contribution >= 0.6 is 11.6 Å². The number of methoxy groups -OCH3 is 2. The Morgan fingerprint density at radius 3 is 2.23 bits per heavy atom. The Labute approximate surface area is 187 Å². The second-order valence-corrected chi connectivity index (χ2v) is 9.27. The Morgan fingerprint density at radius 2 is 1.68 bits per heavy atom. The van der Waals surface area contributed by atoms with E-state index < -0.39 is 16.1 Å². The number of piperazine rings is 1. The fourth-order valence-electron chi connectivity index (χ4n) is 3.42. The average molecular weight is 468 g/mol. The van der Waals surface area contributed by atoms with Crippen molar-refractivity contribution in [3.8, 4) is 11.5 Å². The Morgan fingerprint density at radius 1 is 1.03 bits per heavy atom. The highest BCUT2D eigenvalue weighted by Gasteiger charge is 2.28. The van der Waals surface area contributed by atoms with Gasteiger partial charge in [-0.25, -0.2) is 8.42 Å². The molecule has 1 atom stereocenters. The third-order valence-corrected chi connectivity index (χ3v) is 7.00. The van der Waals surface area contributed by atoms with Gasteiger partial charge in [-0.2, -0.15) is 4.72 Å². The minimum absolute atomic E-state index is 0.0257. The summed E-state index contributed by atoms with van der Waals surface area (Å²) >= 11 is 6.03. The molecule has 1 heterocycles. The molecule has 0 aliphatic carbocycles. The molecule has 168 valence electrons. The van der Waals surface area contributed by atoms with Crippen molar-refractivity contribution in [2.45, 2.75) is 17.9 Å². The van der Waals surface area contributed by atoms with Gasteiger partial charge in [-0.3, -0.25) is 4.79 Å². The number of nitrogens with zero attached hydrogens (tertiary/aromatic N) is 2. The van der Waals surface area contributed by atoms with Crippen LogP contribution in [0.25, 0.3) is 0 Å². The first kappa shape index (κ1) is 23.2. The molecule has 10 heteroatoms. The van der Waals surface area contributed by atoms with E-state index in [9.17, 15) is 13.2 Å². The average Bonchev–Trinajstić information content (AvgIpc) is 2.78. The molecule has 1 saturated heterocycles. The van der Waals surface area contributed by atoms with E-state index in [0.29, 0.717) is 31.9 Å². The number of ether oxygens (including phenoxy) is 2. The maximum atomic E-state index is 12.8. The molecule has 1 amide bonds. The maximum Gasteiger partial charge on any atom is 0.241 e. The van der Waals surface area contributed by atoms with Gasteiger partial charge in [0.25, 0.3) is 0 Å². The summed E-state index contributed by atoms with van der Waals surface area (Å²) in [5, 5.41) is 0.180. The third-order valence-electron chi connectivity index (χ3n) is 5.16. The molecular formula is C21H26ClN3O5S. The minimum Gasteiger partial charge on any atom is -0.497 e. The number of amides is 1. The van der Waals surface area contributed by atoms with Gasteiger partial charge < -0.3 is 19.3 Å². The van der Waals surface area contributed by atoms with E-state index >= 15 is 0 Å². The first-order chi connectivity index (χ1) is 14.7. The molecule has 0 bridgehead atoms. The summed E-state index contributed by atoms with van der Waals surface area (Å²) in [6, 6.07) is 11.0. The van der Waals surface area contributed by atoms with Crippen LogP contribution < -0.4 is 19.1 Å². The molecule has 0 aromatic heterocycles. The van der Waals surface area contributed by atoms with Crippen LogP contribution in [0.15, 0.2) is 47.4 Å². The first-order valence-electron chi connectivity index (χ1n) is 9.79. The van der Waals surface area contributed by atoms with E-state index in [4.69, 9.17) is 21.1 Å². The summed E-state index contributed by atoms with van der Waals surface area (Å²) < 4.78 is 38.0. The van der Waals surface area contributed by atoms with Crippen LogP contribution in [0, 0.1) is 0 Å². The van der Waals surface area contributed by atoms with Crippen LogP contribution in [0.5, 0.6) is 11.5 Å². The van der Waals surface area contributed by atoms with Gasteiger partial charge in [0.05, 0.1) is 30.2 Å². The molecule has 1 aliphatic heterocycles. The van der Waals surface area contributed by atoms with Crippen molar-refractivity contribution in [3.05, 3.63) is 47.5 Å². The number of sulfonamides is 1. The molecule has 1 fully saturated rings. The second-order valence-electron chi connectivity index (χ2n) is 7.15. The minimum atomic E-state index is -3.91. The lowest BCUT2D eigenvalue weighted by atomic mass is 10.2. The Bertz CT molecular complexity index is 1020. The smallest absolute Gasteiger partial charge is 0.241 e. The van der Waals surface area contributed by atoms with Gasteiger partial charge in [0.1, 0.15) is 11.5 Å². The van der Waals surface area contributed by atoms with Crippen LogP contribution in [0.4, 0.5) is 5.69 Å². The van der Waals surface area contributed by atoms with Crippen molar-refractivity contribution in [2.24, 2.45) is 0 Å². The molecule has 2 aromatic carbocycles. The quantitative estimate of drug-likeness (QED) is 0.672. The van der Waals surface area contributed by atoms with Crippen LogP contribution in [0.3, 0.4) is 0 Å². The molecule has 0 unspecified atom stereocenters. The monoisotopic (exact) mass is 467 g/mol. The summed E-state index contributed by atoms with van der Waals surface area (Å²) in [7, 11) is -0.841. The van der Waals surface area contributed by atoms with Crippen LogP contribution in [-0.2, 0) is 14.8 Å². The number of nitrogens with one attached hydrogen (secondary N) is 1. The Balaban J connectivity index is 1.59. The second kappa shape index (κ2) is 9.76. The third kappa shape index (κ3) is 5.41. The Hall–Kier alpha value is -2.49. The van der Waals surface area contributed by atoms with E-state index in [1.165, 1.54) is 25.3 Å². The van der Waals surface area contributed by atoms with E-state index in [2.05, 4.69) is 9.62 Å². The van der Waals surface area contributed by atoms with Crippen molar-refractivity contribution in [1.29, 1.82) is 0 Å². The van der Waals surface area contributed by atoms with Crippen molar-refractivity contribution >= 4 is 33.2 Å². The highest BCUT2D eigenvalue weighted by Crippen LogP contribution is 2.27.